The zero-order chi connectivity index (χ0) is 9.84. The van der Waals surface area contributed by atoms with Crippen LogP contribution in [0, 0.1) is 0 Å². The van der Waals surface area contributed by atoms with Crippen molar-refractivity contribution in [3.63, 3.8) is 0 Å². The van der Waals surface area contributed by atoms with E-state index in [9.17, 15) is 8.78 Å². The summed E-state index contributed by atoms with van der Waals surface area (Å²) in [6.45, 7) is -0.243. The van der Waals surface area contributed by atoms with Crippen molar-refractivity contribution in [2.45, 2.75) is 13.0 Å². The standard InChI is InChI=1S/C8H9F2NO2/c1-13-6-2-5(4-12)3-11-7(6)8(9)10/h2-3,8,12H,4H2,1H3. The summed E-state index contributed by atoms with van der Waals surface area (Å²) in [7, 11) is 1.28. The van der Waals surface area contributed by atoms with Crippen LogP contribution >= 0.6 is 0 Å². The Morgan fingerprint density at radius 3 is 2.77 bits per heavy atom. The summed E-state index contributed by atoms with van der Waals surface area (Å²) < 4.78 is 29.2. The summed E-state index contributed by atoms with van der Waals surface area (Å²) in [5.41, 5.74) is 0.0425. The molecule has 0 aromatic carbocycles. The predicted molar refractivity (Wildman–Crippen MR) is 41.7 cm³/mol. The highest BCUT2D eigenvalue weighted by molar-refractivity contribution is 5.31. The Kier molecular flexibility index (Phi) is 3.13. The molecule has 0 fully saturated rings. The fourth-order valence-corrected chi connectivity index (χ4v) is 0.910. The summed E-state index contributed by atoms with van der Waals surface area (Å²) in [6.07, 6.45) is -1.47. The second-order valence-electron chi connectivity index (χ2n) is 2.39. The van der Waals surface area contributed by atoms with Gasteiger partial charge in [-0.25, -0.2) is 8.78 Å². The number of pyridine rings is 1. The first-order chi connectivity index (χ1) is 6.19. The third-order valence-corrected chi connectivity index (χ3v) is 1.55. The summed E-state index contributed by atoms with van der Waals surface area (Å²) in [4.78, 5) is 3.48. The second kappa shape index (κ2) is 4.13. The van der Waals surface area contributed by atoms with Gasteiger partial charge in [0.2, 0.25) is 0 Å². The normalized spacial score (nSPS) is 10.5. The van der Waals surface area contributed by atoms with Gasteiger partial charge in [-0.1, -0.05) is 0 Å². The highest BCUT2D eigenvalue weighted by Gasteiger charge is 2.15. The van der Waals surface area contributed by atoms with E-state index in [0.29, 0.717) is 5.56 Å². The molecule has 1 N–H and O–H groups in total. The maximum Gasteiger partial charge on any atom is 0.284 e. The van der Waals surface area contributed by atoms with Gasteiger partial charge in [0.15, 0.2) is 0 Å². The van der Waals surface area contributed by atoms with Crippen LogP contribution in [0.2, 0.25) is 0 Å². The van der Waals surface area contributed by atoms with Crippen LogP contribution in [0.5, 0.6) is 5.75 Å². The van der Waals surface area contributed by atoms with Crippen molar-refractivity contribution in [3.05, 3.63) is 23.5 Å². The zero-order valence-electron chi connectivity index (χ0n) is 7.00. The van der Waals surface area contributed by atoms with Crippen molar-refractivity contribution >= 4 is 0 Å². The molecular weight excluding hydrogens is 180 g/mol. The molecule has 1 aromatic rings. The van der Waals surface area contributed by atoms with Gasteiger partial charge in [-0.05, 0) is 11.6 Å². The van der Waals surface area contributed by atoms with Gasteiger partial charge in [-0.15, -0.1) is 0 Å². The molecule has 0 amide bonds. The molecule has 13 heavy (non-hydrogen) atoms. The van der Waals surface area contributed by atoms with Crippen LogP contribution in [0.4, 0.5) is 8.78 Å². The first-order valence-electron chi connectivity index (χ1n) is 3.61. The van der Waals surface area contributed by atoms with E-state index in [1.807, 2.05) is 0 Å². The average molecular weight is 189 g/mol. The minimum absolute atomic E-state index is 0.00144. The first kappa shape index (κ1) is 9.85. The summed E-state index contributed by atoms with van der Waals surface area (Å²) >= 11 is 0. The van der Waals surface area contributed by atoms with Crippen molar-refractivity contribution in [1.29, 1.82) is 0 Å². The molecule has 0 unspecified atom stereocenters. The molecule has 5 heteroatoms. The molecule has 0 aliphatic rings. The van der Waals surface area contributed by atoms with Crippen LogP contribution in [-0.4, -0.2) is 17.2 Å². The lowest BCUT2D eigenvalue weighted by Gasteiger charge is -2.07. The fourth-order valence-electron chi connectivity index (χ4n) is 0.910. The van der Waals surface area contributed by atoms with E-state index in [4.69, 9.17) is 9.84 Å². The van der Waals surface area contributed by atoms with Gasteiger partial charge in [0, 0.05) is 6.20 Å². The summed E-state index contributed by atoms with van der Waals surface area (Å²) in [5.74, 6) is 0.00144. The number of methoxy groups -OCH3 is 1. The van der Waals surface area contributed by atoms with E-state index in [1.165, 1.54) is 19.4 Å². The Morgan fingerprint density at radius 2 is 2.31 bits per heavy atom. The van der Waals surface area contributed by atoms with E-state index < -0.39 is 12.1 Å². The van der Waals surface area contributed by atoms with Gasteiger partial charge in [0.1, 0.15) is 11.4 Å². The maximum absolute atomic E-state index is 12.2. The number of alkyl halides is 2. The number of hydrogen-bond donors (Lipinski definition) is 1. The number of nitrogens with zero attached hydrogens (tertiary/aromatic N) is 1. The van der Waals surface area contributed by atoms with E-state index >= 15 is 0 Å². The van der Waals surface area contributed by atoms with Gasteiger partial charge in [0.05, 0.1) is 13.7 Å². The second-order valence-corrected chi connectivity index (χ2v) is 2.39. The van der Waals surface area contributed by atoms with Crippen molar-refractivity contribution in [2.75, 3.05) is 7.11 Å². The molecule has 0 saturated heterocycles. The molecule has 72 valence electrons. The summed E-state index contributed by atoms with van der Waals surface area (Å²) in [5, 5.41) is 8.70. The topological polar surface area (TPSA) is 42.4 Å². The zero-order valence-corrected chi connectivity index (χ0v) is 7.00. The highest BCUT2D eigenvalue weighted by Crippen LogP contribution is 2.27. The maximum atomic E-state index is 12.2. The number of rotatable bonds is 3. The largest absolute Gasteiger partial charge is 0.495 e. The quantitative estimate of drug-likeness (QED) is 0.783. The van der Waals surface area contributed by atoms with E-state index in [-0.39, 0.29) is 12.4 Å². The van der Waals surface area contributed by atoms with Gasteiger partial charge in [-0.2, -0.15) is 0 Å². The van der Waals surface area contributed by atoms with Gasteiger partial charge in [0.25, 0.3) is 6.43 Å². The van der Waals surface area contributed by atoms with Gasteiger partial charge in [-0.3, -0.25) is 4.98 Å². The number of ether oxygens (including phenoxy) is 1. The molecule has 0 bridgehead atoms. The SMILES string of the molecule is COc1cc(CO)cnc1C(F)F. The van der Waals surface area contributed by atoms with Crippen LogP contribution in [0.1, 0.15) is 17.7 Å². The van der Waals surface area contributed by atoms with E-state index in [1.54, 1.807) is 0 Å². The number of aliphatic hydroxyl groups excluding tert-OH is 1. The molecule has 0 radical (unpaired) electrons. The lowest BCUT2D eigenvalue weighted by molar-refractivity contribution is 0.141. The highest BCUT2D eigenvalue weighted by atomic mass is 19.3. The van der Waals surface area contributed by atoms with E-state index in [0.717, 1.165) is 0 Å². The third kappa shape index (κ3) is 2.12. The first-order valence-corrected chi connectivity index (χ1v) is 3.61. The molecule has 0 aliphatic carbocycles. The number of hydrogen-bond acceptors (Lipinski definition) is 3. The Morgan fingerprint density at radius 1 is 1.62 bits per heavy atom. The number of aromatic nitrogens is 1. The molecule has 0 aliphatic heterocycles. The van der Waals surface area contributed by atoms with Crippen molar-refractivity contribution in [1.82, 2.24) is 4.98 Å². The molecule has 0 spiro atoms. The van der Waals surface area contributed by atoms with Crippen molar-refractivity contribution in [3.8, 4) is 5.75 Å². The lowest BCUT2D eigenvalue weighted by Crippen LogP contribution is -1.98. The van der Waals surface area contributed by atoms with Crippen LogP contribution in [0.15, 0.2) is 12.3 Å². The Hall–Kier alpha value is -1.23. The summed E-state index contributed by atoms with van der Waals surface area (Å²) in [6, 6.07) is 1.34. The molecule has 0 saturated carbocycles. The Balaban J connectivity index is 3.08. The number of aliphatic hydroxyl groups is 1. The monoisotopic (exact) mass is 189 g/mol. The molecule has 3 nitrogen and oxygen atoms in total. The predicted octanol–water partition coefficient (Wildman–Crippen LogP) is 1.52. The van der Waals surface area contributed by atoms with Crippen molar-refractivity contribution < 1.29 is 18.6 Å². The molecule has 1 aromatic heterocycles. The minimum atomic E-state index is -2.66. The van der Waals surface area contributed by atoms with Crippen LogP contribution < -0.4 is 4.74 Å². The molecule has 0 atom stereocenters. The fraction of sp³-hybridized carbons (Fsp3) is 0.375. The molecule has 1 heterocycles. The smallest absolute Gasteiger partial charge is 0.284 e. The number of halogens is 2. The lowest BCUT2D eigenvalue weighted by atomic mass is 10.2. The van der Waals surface area contributed by atoms with Gasteiger partial charge < -0.3 is 9.84 Å². The van der Waals surface area contributed by atoms with Gasteiger partial charge >= 0.3 is 0 Å². The Bertz CT molecular complexity index is 291. The average Bonchev–Trinajstić information content (AvgIpc) is 2.16. The van der Waals surface area contributed by atoms with Crippen LogP contribution in [0.3, 0.4) is 0 Å². The van der Waals surface area contributed by atoms with Crippen LogP contribution in [-0.2, 0) is 6.61 Å². The van der Waals surface area contributed by atoms with E-state index in [2.05, 4.69) is 4.98 Å². The molecular formula is C8H9F2NO2. The minimum Gasteiger partial charge on any atom is -0.495 e. The molecule has 1 rings (SSSR count). The van der Waals surface area contributed by atoms with Crippen molar-refractivity contribution in [2.24, 2.45) is 0 Å². The van der Waals surface area contributed by atoms with Crippen LogP contribution in [0.25, 0.3) is 0 Å². The third-order valence-electron chi connectivity index (χ3n) is 1.55. The Labute approximate surface area is 74.0 Å².